The number of alkyl halides is 3. The molecule has 236 valence electrons. The lowest BCUT2D eigenvalue weighted by atomic mass is 9.94. The van der Waals surface area contributed by atoms with Gasteiger partial charge in [0.1, 0.15) is 23.4 Å². The van der Waals surface area contributed by atoms with E-state index in [2.05, 4.69) is 9.62 Å². The fourth-order valence-electron chi connectivity index (χ4n) is 5.31. The zero-order valence-corrected chi connectivity index (χ0v) is 25.0. The lowest BCUT2D eigenvalue weighted by Crippen LogP contribution is -2.44. The number of aliphatic hydroxyl groups is 1. The van der Waals surface area contributed by atoms with E-state index in [1.165, 1.54) is 0 Å². The smallest absolute Gasteiger partial charge is 0.416 e. The van der Waals surface area contributed by atoms with Crippen molar-refractivity contribution in [2.45, 2.75) is 48.9 Å². The molecule has 8 nitrogen and oxygen atoms in total. The molecule has 12 heteroatoms. The molecule has 2 N–H and O–H groups in total. The first-order valence-electron chi connectivity index (χ1n) is 14.4. The number of aliphatic hydroxyl groups excluding tert-OH is 1. The minimum Gasteiger partial charge on any atom is -0.497 e. The molecule has 1 unspecified atom stereocenters. The number of piperidine rings is 1. The van der Waals surface area contributed by atoms with Crippen LogP contribution < -0.4 is 18.9 Å². The third-order valence-electron chi connectivity index (χ3n) is 7.85. The lowest BCUT2D eigenvalue weighted by molar-refractivity contribution is -0.137. The minimum atomic E-state index is -4.52. The molecule has 0 amide bonds. The van der Waals surface area contributed by atoms with Crippen LogP contribution in [-0.2, 0) is 16.2 Å². The maximum atomic E-state index is 12.8. The first kappa shape index (κ1) is 31.8. The van der Waals surface area contributed by atoms with Crippen LogP contribution in [0.4, 0.5) is 13.2 Å². The lowest BCUT2D eigenvalue weighted by Gasteiger charge is -2.32. The number of unbranched alkanes of at least 4 members (excludes halogenated alkanes) is 1. The van der Waals surface area contributed by atoms with Crippen molar-refractivity contribution in [1.82, 2.24) is 9.62 Å². The van der Waals surface area contributed by atoms with Crippen molar-refractivity contribution in [3.8, 4) is 17.2 Å². The molecule has 0 saturated carbocycles. The van der Waals surface area contributed by atoms with Crippen LogP contribution in [0.2, 0.25) is 0 Å². The van der Waals surface area contributed by atoms with Crippen molar-refractivity contribution in [3.05, 3.63) is 89.7 Å². The number of fused-ring (bicyclic) bond motifs is 1. The molecular formula is C32H35F3N2O6S. The Morgan fingerprint density at radius 2 is 1.66 bits per heavy atom. The van der Waals surface area contributed by atoms with Crippen LogP contribution in [-0.4, -0.2) is 57.8 Å². The second-order valence-electron chi connectivity index (χ2n) is 10.8. The van der Waals surface area contributed by atoms with E-state index in [1.54, 1.807) is 19.4 Å². The van der Waals surface area contributed by atoms with E-state index in [1.807, 2.05) is 36.4 Å². The molecule has 0 aliphatic carbocycles. The highest BCUT2D eigenvalue weighted by atomic mass is 32.2. The van der Waals surface area contributed by atoms with E-state index in [0.29, 0.717) is 42.1 Å². The average molecular weight is 633 g/mol. The predicted molar refractivity (Wildman–Crippen MR) is 159 cm³/mol. The number of halogens is 3. The van der Waals surface area contributed by atoms with Crippen LogP contribution >= 0.6 is 0 Å². The van der Waals surface area contributed by atoms with Gasteiger partial charge in [0.15, 0.2) is 0 Å². The molecule has 1 fully saturated rings. The fraction of sp³-hybridized carbons (Fsp3) is 0.375. The molecule has 2 heterocycles. The van der Waals surface area contributed by atoms with Gasteiger partial charge in [0.05, 0.1) is 30.4 Å². The predicted octanol–water partition coefficient (Wildman–Crippen LogP) is 5.78. The van der Waals surface area contributed by atoms with Gasteiger partial charge in [0.2, 0.25) is 10.0 Å². The molecule has 0 bridgehead atoms. The Kier molecular flexibility index (Phi) is 9.84. The summed E-state index contributed by atoms with van der Waals surface area (Å²) in [5.41, 5.74) is 1.28. The quantitative estimate of drug-likeness (QED) is 0.259. The Bertz CT molecular complexity index is 1550. The van der Waals surface area contributed by atoms with Gasteiger partial charge in [-0.2, -0.15) is 13.2 Å². The van der Waals surface area contributed by atoms with Crippen molar-refractivity contribution < 1.29 is 40.9 Å². The van der Waals surface area contributed by atoms with Gasteiger partial charge >= 0.3 is 6.18 Å². The molecule has 0 spiro atoms. The molecule has 5 rings (SSSR count). The Morgan fingerprint density at radius 3 is 2.32 bits per heavy atom. The Morgan fingerprint density at radius 1 is 0.977 bits per heavy atom. The summed E-state index contributed by atoms with van der Waals surface area (Å²) in [6.45, 7) is 2.80. The van der Waals surface area contributed by atoms with Gasteiger partial charge in [-0.05, 0) is 99.4 Å². The largest absolute Gasteiger partial charge is 0.497 e. The van der Waals surface area contributed by atoms with Gasteiger partial charge in [-0.15, -0.1) is 0 Å². The number of ether oxygens (including phenoxy) is 3. The number of nitrogens with zero attached hydrogens (tertiary/aromatic N) is 1. The summed E-state index contributed by atoms with van der Waals surface area (Å²) in [5.74, 6) is 1.93. The average Bonchev–Trinajstić information content (AvgIpc) is 3.01. The molecule has 0 aromatic heterocycles. The van der Waals surface area contributed by atoms with Crippen LogP contribution in [0.3, 0.4) is 0 Å². The summed E-state index contributed by atoms with van der Waals surface area (Å²) in [5, 5.41) is 10.9. The van der Waals surface area contributed by atoms with E-state index in [4.69, 9.17) is 14.2 Å². The Balaban J connectivity index is 1.02. The minimum absolute atomic E-state index is 0.177. The summed E-state index contributed by atoms with van der Waals surface area (Å²) in [7, 11) is -2.30. The maximum absolute atomic E-state index is 12.8. The second-order valence-corrected chi connectivity index (χ2v) is 12.6. The highest BCUT2D eigenvalue weighted by molar-refractivity contribution is 7.89. The third-order valence-corrected chi connectivity index (χ3v) is 9.39. The summed E-state index contributed by atoms with van der Waals surface area (Å²) in [6, 6.07) is 16.1. The molecule has 3 aromatic carbocycles. The van der Waals surface area contributed by atoms with E-state index in [0.717, 1.165) is 68.1 Å². The molecule has 2 aliphatic rings. The number of hydrogen-bond acceptors (Lipinski definition) is 7. The summed E-state index contributed by atoms with van der Waals surface area (Å²) >= 11 is 0. The van der Waals surface area contributed by atoms with Gasteiger partial charge in [0, 0.05) is 23.2 Å². The number of rotatable bonds is 11. The standard InChI is InChI=1S/C32H35F3N2O6S/c1-41-25-8-4-22(5-9-25)29-21-43-30-20-26(10-13-28(30)31(29)38)42-19-3-2-16-37-17-14-24(15-18-37)36-44(39,40)27-11-6-23(7-12-27)32(33,34)35/h4-13,20-21,24,31,36,38H,2-3,14-19H2,1H3. The van der Waals surface area contributed by atoms with E-state index < -0.39 is 27.9 Å². The zero-order valence-electron chi connectivity index (χ0n) is 24.2. The summed E-state index contributed by atoms with van der Waals surface area (Å²) < 4.78 is 83.2. The summed E-state index contributed by atoms with van der Waals surface area (Å²) in [4.78, 5) is 2.09. The Hall–Kier alpha value is -3.58. The van der Waals surface area contributed by atoms with Gasteiger partial charge in [-0.3, -0.25) is 0 Å². The second kappa shape index (κ2) is 13.6. The van der Waals surface area contributed by atoms with E-state index >= 15 is 0 Å². The topological polar surface area (TPSA) is 97.3 Å². The first-order chi connectivity index (χ1) is 21.0. The number of methoxy groups -OCH3 is 1. The molecule has 1 atom stereocenters. The SMILES string of the molecule is COc1ccc(C2=COc3cc(OCCCCN4CCC(NS(=O)(=O)c5ccc(C(F)(F)F)cc5)CC4)ccc3C2O)cc1. The van der Waals surface area contributed by atoms with Crippen molar-refractivity contribution in [1.29, 1.82) is 0 Å². The number of hydrogen-bond donors (Lipinski definition) is 2. The number of benzene rings is 3. The van der Waals surface area contributed by atoms with Crippen molar-refractivity contribution in [2.24, 2.45) is 0 Å². The number of likely N-dealkylation sites (tertiary alicyclic amines) is 1. The van der Waals surface area contributed by atoms with Crippen LogP contribution in [0.1, 0.15) is 48.5 Å². The zero-order chi connectivity index (χ0) is 31.3. The highest BCUT2D eigenvalue weighted by Gasteiger charge is 2.31. The molecule has 44 heavy (non-hydrogen) atoms. The number of nitrogens with one attached hydrogen (secondary N) is 1. The first-order valence-corrected chi connectivity index (χ1v) is 15.9. The monoisotopic (exact) mass is 632 g/mol. The molecule has 1 saturated heterocycles. The third kappa shape index (κ3) is 7.73. The fourth-order valence-corrected chi connectivity index (χ4v) is 6.62. The molecular weight excluding hydrogens is 597 g/mol. The van der Waals surface area contributed by atoms with Crippen molar-refractivity contribution in [2.75, 3.05) is 33.4 Å². The molecule has 0 radical (unpaired) electrons. The van der Waals surface area contributed by atoms with E-state index in [9.17, 15) is 26.7 Å². The Labute approximate surface area is 255 Å². The van der Waals surface area contributed by atoms with Crippen LogP contribution in [0.5, 0.6) is 17.2 Å². The maximum Gasteiger partial charge on any atom is 0.416 e. The van der Waals surface area contributed by atoms with Gasteiger partial charge < -0.3 is 24.2 Å². The van der Waals surface area contributed by atoms with Crippen molar-refractivity contribution >= 4 is 15.6 Å². The number of sulfonamides is 1. The van der Waals surface area contributed by atoms with Gasteiger partial charge in [-0.25, -0.2) is 13.1 Å². The van der Waals surface area contributed by atoms with Crippen LogP contribution in [0.25, 0.3) is 5.57 Å². The normalized spacial score (nSPS) is 17.8. The van der Waals surface area contributed by atoms with Gasteiger partial charge in [-0.1, -0.05) is 12.1 Å². The van der Waals surface area contributed by atoms with Crippen LogP contribution in [0.15, 0.2) is 77.9 Å². The van der Waals surface area contributed by atoms with Crippen molar-refractivity contribution in [3.63, 3.8) is 0 Å². The molecule has 2 aliphatic heterocycles. The van der Waals surface area contributed by atoms with E-state index in [-0.39, 0.29) is 10.9 Å². The highest BCUT2D eigenvalue weighted by Crippen LogP contribution is 2.41. The molecule has 3 aromatic rings. The summed E-state index contributed by atoms with van der Waals surface area (Å²) in [6.07, 6.45) is -0.833. The van der Waals surface area contributed by atoms with Gasteiger partial charge in [0.25, 0.3) is 0 Å². The van der Waals surface area contributed by atoms with Crippen LogP contribution in [0, 0.1) is 0 Å².